The smallest absolute Gasteiger partial charge is 0.241 e. The number of aromatic nitrogens is 2. The molecule has 3 heterocycles. The van der Waals surface area contributed by atoms with Gasteiger partial charge in [0.15, 0.2) is 11.5 Å². The Labute approximate surface area is 168 Å². The molecule has 0 spiro atoms. The van der Waals surface area contributed by atoms with Crippen LogP contribution < -0.4 is 9.47 Å². The molecular weight excluding hydrogens is 373 g/mol. The van der Waals surface area contributed by atoms with Crippen LogP contribution in [-0.2, 0) is 6.54 Å². The fourth-order valence-electron chi connectivity index (χ4n) is 3.99. The lowest BCUT2D eigenvalue weighted by Crippen LogP contribution is -2.23. The molecule has 0 aliphatic carbocycles. The van der Waals surface area contributed by atoms with Gasteiger partial charge in [-0.1, -0.05) is 11.2 Å². The summed E-state index contributed by atoms with van der Waals surface area (Å²) in [6, 6.07) is 12.6. The minimum Gasteiger partial charge on any atom is -0.490 e. The van der Waals surface area contributed by atoms with E-state index in [0.717, 1.165) is 42.9 Å². The largest absolute Gasteiger partial charge is 0.490 e. The SMILES string of the molecule is Fc1ccc(-c2noc(CN3CCCC3c3ccc4c(c3)OCCCO4)n2)cc1. The molecule has 1 aromatic heterocycles. The normalized spacial score (nSPS) is 19.3. The summed E-state index contributed by atoms with van der Waals surface area (Å²) < 4.78 is 30.2. The van der Waals surface area contributed by atoms with Gasteiger partial charge in [-0.3, -0.25) is 4.90 Å². The lowest BCUT2D eigenvalue weighted by molar-refractivity contribution is 0.212. The fraction of sp³-hybridized carbons (Fsp3) is 0.364. The molecule has 5 rings (SSSR count). The van der Waals surface area contributed by atoms with Crippen LogP contribution in [0.2, 0.25) is 0 Å². The number of fused-ring (bicyclic) bond motifs is 1. The van der Waals surface area contributed by atoms with Crippen LogP contribution in [0.5, 0.6) is 11.5 Å². The molecule has 1 saturated heterocycles. The van der Waals surface area contributed by atoms with Crippen molar-refractivity contribution in [1.29, 1.82) is 0 Å². The summed E-state index contributed by atoms with van der Waals surface area (Å²) in [7, 11) is 0. The number of ether oxygens (including phenoxy) is 2. The van der Waals surface area contributed by atoms with Gasteiger partial charge in [0.2, 0.25) is 11.7 Å². The first kappa shape index (κ1) is 18.1. The number of hydrogen-bond donors (Lipinski definition) is 0. The minimum atomic E-state index is -0.285. The van der Waals surface area contributed by atoms with E-state index in [4.69, 9.17) is 14.0 Å². The third-order valence-corrected chi connectivity index (χ3v) is 5.43. The van der Waals surface area contributed by atoms with Crippen molar-refractivity contribution in [2.24, 2.45) is 0 Å². The van der Waals surface area contributed by atoms with Gasteiger partial charge in [-0.05, 0) is 61.3 Å². The standard InChI is InChI=1S/C22H22FN3O3/c23-17-7-4-15(5-8-17)22-24-21(29-25-22)14-26-10-1-3-18(26)16-6-9-19-20(13-16)28-12-2-11-27-19/h4-9,13,18H,1-3,10-12,14H2. The predicted octanol–water partition coefficient (Wildman–Crippen LogP) is 4.37. The van der Waals surface area contributed by atoms with E-state index in [1.165, 1.54) is 17.7 Å². The zero-order chi connectivity index (χ0) is 19.6. The Balaban J connectivity index is 1.33. The highest BCUT2D eigenvalue weighted by atomic mass is 19.1. The van der Waals surface area contributed by atoms with Crippen LogP contribution in [0, 0.1) is 5.82 Å². The second-order valence-electron chi connectivity index (χ2n) is 7.40. The highest BCUT2D eigenvalue weighted by Crippen LogP contribution is 2.38. The molecule has 0 radical (unpaired) electrons. The lowest BCUT2D eigenvalue weighted by atomic mass is 10.0. The van der Waals surface area contributed by atoms with E-state index in [1.807, 2.05) is 6.07 Å². The van der Waals surface area contributed by atoms with E-state index in [9.17, 15) is 4.39 Å². The number of hydrogen-bond acceptors (Lipinski definition) is 6. The zero-order valence-corrected chi connectivity index (χ0v) is 16.0. The van der Waals surface area contributed by atoms with Gasteiger partial charge in [0.05, 0.1) is 19.8 Å². The summed E-state index contributed by atoms with van der Waals surface area (Å²) >= 11 is 0. The number of benzene rings is 2. The van der Waals surface area contributed by atoms with Crippen molar-refractivity contribution in [2.75, 3.05) is 19.8 Å². The van der Waals surface area contributed by atoms with Gasteiger partial charge in [0.25, 0.3) is 0 Å². The van der Waals surface area contributed by atoms with E-state index in [2.05, 4.69) is 27.2 Å². The first-order chi connectivity index (χ1) is 14.3. The van der Waals surface area contributed by atoms with Crippen molar-refractivity contribution in [3.8, 4) is 22.9 Å². The summed E-state index contributed by atoms with van der Waals surface area (Å²) in [6.07, 6.45) is 3.07. The molecule has 0 saturated carbocycles. The average molecular weight is 395 g/mol. The van der Waals surface area contributed by atoms with Gasteiger partial charge in [-0.25, -0.2) is 4.39 Å². The number of rotatable bonds is 4. The maximum atomic E-state index is 13.1. The average Bonchev–Trinajstić information content (AvgIpc) is 3.33. The molecule has 1 fully saturated rings. The maximum absolute atomic E-state index is 13.1. The van der Waals surface area contributed by atoms with Gasteiger partial charge in [0, 0.05) is 18.0 Å². The summed E-state index contributed by atoms with van der Waals surface area (Å²) in [4.78, 5) is 6.85. The molecule has 1 atom stereocenters. The van der Waals surface area contributed by atoms with Crippen LogP contribution in [0.3, 0.4) is 0 Å². The maximum Gasteiger partial charge on any atom is 0.241 e. The van der Waals surface area contributed by atoms with Crippen LogP contribution in [0.4, 0.5) is 4.39 Å². The van der Waals surface area contributed by atoms with Crippen molar-refractivity contribution in [3.05, 3.63) is 59.7 Å². The predicted molar refractivity (Wildman–Crippen MR) is 104 cm³/mol. The van der Waals surface area contributed by atoms with Gasteiger partial charge < -0.3 is 14.0 Å². The molecule has 2 aromatic carbocycles. The Morgan fingerprint density at radius 1 is 1.00 bits per heavy atom. The third kappa shape index (κ3) is 3.82. The first-order valence-electron chi connectivity index (χ1n) is 9.98. The first-order valence-corrected chi connectivity index (χ1v) is 9.98. The molecular formula is C22H22FN3O3. The van der Waals surface area contributed by atoms with Gasteiger partial charge in [-0.15, -0.1) is 0 Å². The van der Waals surface area contributed by atoms with Gasteiger partial charge in [-0.2, -0.15) is 4.98 Å². The number of halogens is 1. The molecule has 150 valence electrons. The molecule has 2 aliphatic rings. The summed E-state index contributed by atoms with van der Waals surface area (Å²) in [5.74, 6) is 2.39. The monoisotopic (exact) mass is 395 g/mol. The summed E-state index contributed by atoms with van der Waals surface area (Å²) in [5, 5.41) is 4.05. The second kappa shape index (κ2) is 7.83. The topological polar surface area (TPSA) is 60.6 Å². The molecule has 7 heteroatoms. The van der Waals surface area contributed by atoms with Crippen molar-refractivity contribution < 1.29 is 18.4 Å². The summed E-state index contributed by atoms with van der Waals surface area (Å²) in [5.41, 5.74) is 1.95. The molecule has 6 nitrogen and oxygen atoms in total. The van der Waals surface area contributed by atoms with Crippen LogP contribution in [0.15, 0.2) is 47.0 Å². The number of likely N-dealkylation sites (tertiary alicyclic amines) is 1. The molecule has 29 heavy (non-hydrogen) atoms. The summed E-state index contributed by atoms with van der Waals surface area (Å²) in [6.45, 7) is 2.91. The highest BCUT2D eigenvalue weighted by Gasteiger charge is 2.28. The minimum absolute atomic E-state index is 0.272. The number of nitrogens with zero attached hydrogens (tertiary/aromatic N) is 3. The van der Waals surface area contributed by atoms with E-state index in [-0.39, 0.29) is 11.9 Å². The molecule has 0 N–H and O–H groups in total. The Bertz CT molecular complexity index is 989. The second-order valence-corrected chi connectivity index (χ2v) is 7.40. The van der Waals surface area contributed by atoms with Crippen molar-refractivity contribution in [3.63, 3.8) is 0 Å². The van der Waals surface area contributed by atoms with Gasteiger partial charge in [0.1, 0.15) is 5.82 Å². The Morgan fingerprint density at radius 3 is 2.69 bits per heavy atom. The Morgan fingerprint density at radius 2 is 1.83 bits per heavy atom. The van der Waals surface area contributed by atoms with E-state index < -0.39 is 0 Å². The van der Waals surface area contributed by atoms with Gasteiger partial charge >= 0.3 is 0 Å². The molecule has 0 amide bonds. The Kier molecular flexibility index (Phi) is 4.89. The van der Waals surface area contributed by atoms with Crippen LogP contribution in [-0.4, -0.2) is 34.8 Å². The van der Waals surface area contributed by atoms with E-state index in [0.29, 0.717) is 31.5 Å². The third-order valence-electron chi connectivity index (χ3n) is 5.43. The molecule has 2 aliphatic heterocycles. The molecule has 1 unspecified atom stereocenters. The van der Waals surface area contributed by atoms with Crippen molar-refractivity contribution in [2.45, 2.75) is 31.8 Å². The zero-order valence-electron chi connectivity index (χ0n) is 16.0. The fourth-order valence-corrected chi connectivity index (χ4v) is 3.99. The van der Waals surface area contributed by atoms with Crippen LogP contribution >= 0.6 is 0 Å². The lowest BCUT2D eigenvalue weighted by Gasteiger charge is -2.23. The highest BCUT2D eigenvalue weighted by molar-refractivity contribution is 5.53. The Hall–Kier alpha value is -2.93. The molecule has 0 bridgehead atoms. The quantitative estimate of drug-likeness (QED) is 0.654. The van der Waals surface area contributed by atoms with E-state index in [1.54, 1.807) is 12.1 Å². The van der Waals surface area contributed by atoms with Crippen LogP contribution in [0.1, 0.15) is 36.8 Å². The molecule has 3 aromatic rings. The van der Waals surface area contributed by atoms with E-state index >= 15 is 0 Å². The van der Waals surface area contributed by atoms with Crippen molar-refractivity contribution in [1.82, 2.24) is 15.0 Å². The van der Waals surface area contributed by atoms with Crippen molar-refractivity contribution >= 4 is 0 Å². The van der Waals surface area contributed by atoms with Crippen LogP contribution in [0.25, 0.3) is 11.4 Å².